The van der Waals surface area contributed by atoms with Crippen molar-refractivity contribution in [3.05, 3.63) is 71.8 Å². The third kappa shape index (κ3) is 7.09. The average Bonchev–Trinajstić information content (AvgIpc) is 3.36. The van der Waals surface area contributed by atoms with E-state index < -0.39 is 0 Å². The number of nitrogens with one attached hydrogen (secondary N) is 1. The highest BCUT2D eigenvalue weighted by atomic mass is 32.2. The molecule has 2 aliphatic rings. The molecule has 3 aromatic rings. The zero-order valence-electron chi connectivity index (χ0n) is 28.6. The monoisotopic (exact) mass is 628 g/mol. The third-order valence-electron chi connectivity index (χ3n) is 9.34. The summed E-state index contributed by atoms with van der Waals surface area (Å²) in [4.78, 5) is 10.2. The second-order valence-electron chi connectivity index (χ2n) is 13.3. The largest absolute Gasteiger partial charge is 0.496 e. The Bertz CT molecular complexity index is 1590. The maximum Gasteiger partial charge on any atom is 0.107 e. The first-order chi connectivity index (χ1) is 21.6. The fourth-order valence-electron chi connectivity index (χ4n) is 6.63. The SMILES string of the molecule is C=C1OCC(C)(C)Cc2c(-c3cccnc3C(C)CC)n(CC)c3ccc(cc23)/C(=C/C)N=C(SC)CN(C)N2CCC[C@@H]1N2. The molecule has 0 aliphatic carbocycles. The highest BCUT2D eigenvalue weighted by Crippen LogP contribution is 2.42. The average molecular weight is 629 g/mol. The van der Waals surface area contributed by atoms with E-state index in [9.17, 15) is 0 Å². The van der Waals surface area contributed by atoms with Crippen molar-refractivity contribution in [2.45, 2.75) is 85.7 Å². The summed E-state index contributed by atoms with van der Waals surface area (Å²) < 4.78 is 9.02. The van der Waals surface area contributed by atoms with Gasteiger partial charge in [-0.15, -0.1) is 11.8 Å². The summed E-state index contributed by atoms with van der Waals surface area (Å²) in [7, 11) is 2.12. The van der Waals surface area contributed by atoms with Crippen molar-refractivity contribution in [1.29, 1.82) is 0 Å². The second kappa shape index (κ2) is 14.2. The van der Waals surface area contributed by atoms with Gasteiger partial charge in [-0.3, -0.25) is 4.98 Å². The van der Waals surface area contributed by atoms with E-state index in [0.717, 1.165) is 60.8 Å². The molecule has 4 bridgehead atoms. The Morgan fingerprint density at radius 3 is 2.76 bits per heavy atom. The normalized spacial score (nSPS) is 23.2. The van der Waals surface area contributed by atoms with E-state index in [4.69, 9.17) is 14.7 Å². The Morgan fingerprint density at radius 1 is 1.24 bits per heavy atom. The number of rotatable bonds is 4. The van der Waals surface area contributed by atoms with Crippen molar-refractivity contribution < 1.29 is 4.74 Å². The van der Waals surface area contributed by atoms with E-state index >= 15 is 0 Å². The first-order valence-corrected chi connectivity index (χ1v) is 17.8. The maximum atomic E-state index is 6.53. The van der Waals surface area contributed by atoms with Crippen LogP contribution in [0.3, 0.4) is 0 Å². The van der Waals surface area contributed by atoms with Crippen LogP contribution < -0.4 is 5.43 Å². The van der Waals surface area contributed by atoms with Crippen molar-refractivity contribution >= 4 is 33.4 Å². The van der Waals surface area contributed by atoms with Gasteiger partial charge in [0, 0.05) is 53.8 Å². The Kier molecular flexibility index (Phi) is 10.6. The van der Waals surface area contributed by atoms with E-state index in [1.54, 1.807) is 11.8 Å². The minimum absolute atomic E-state index is 0.0698. The minimum atomic E-state index is -0.147. The summed E-state index contributed by atoms with van der Waals surface area (Å²) in [6.07, 6.45) is 10.2. The molecular weight excluding hydrogens is 577 g/mol. The Labute approximate surface area is 274 Å². The number of hydrogen-bond donors (Lipinski definition) is 1. The molecule has 2 unspecified atom stereocenters. The van der Waals surface area contributed by atoms with E-state index in [1.165, 1.54) is 33.4 Å². The van der Waals surface area contributed by atoms with Crippen molar-refractivity contribution in [2.24, 2.45) is 10.4 Å². The van der Waals surface area contributed by atoms with Crippen LogP contribution in [0, 0.1) is 5.41 Å². The van der Waals surface area contributed by atoms with Gasteiger partial charge in [0.25, 0.3) is 0 Å². The van der Waals surface area contributed by atoms with Gasteiger partial charge in [-0.05, 0) is 81.5 Å². The summed E-state index contributed by atoms with van der Waals surface area (Å²) in [5, 5.41) is 6.77. The molecule has 2 aliphatic heterocycles. The molecule has 45 heavy (non-hydrogen) atoms. The van der Waals surface area contributed by atoms with Gasteiger partial charge in [-0.1, -0.05) is 46.4 Å². The molecule has 1 fully saturated rings. The number of hydrogen-bond acceptors (Lipinski definition) is 7. The first-order valence-electron chi connectivity index (χ1n) is 16.6. The van der Waals surface area contributed by atoms with Gasteiger partial charge >= 0.3 is 0 Å². The number of nitrogens with zero attached hydrogens (tertiary/aromatic N) is 5. The van der Waals surface area contributed by atoms with Crippen LogP contribution in [0.2, 0.25) is 0 Å². The van der Waals surface area contributed by atoms with Gasteiger partial charge < -0.3 is 9.30 Å². The topological polar surface area (TPSA) is 57.9 Å². The van der Waals surface area contributed by atoms with Crippen LogP contribution in [0.15, 0.2) is 59.9 Å². The lowest BCUT2D eigenvalue weighted by Gasteiger charge is -2.40. The minimum Gasteiger partial charge on any atom is -0.496 e. The molecule has 7 nitrogen and oxygen atoms in total. The number of fused-ring (bicyclic) bond motifs is 3. The number of hydrazine groups is 2. The van der Waals surface area contributed by atoms with Gasteiger partial charge in [0.2, 0.25) is 0 Å². The van der Waals surface area contributed by atoms with Gasteiger partial charge in [-0.2, -0.15) is 5.12 Å². The fraction of sp³-hybridized carbons (Fsp3) is 0.514. The molecule has 1 aromatic carbocycles. The predicted octanol–water partition coefficient (Wildman–Crippen LogP) is 8.29. The van der Waals surface area contributed by atoms with E-state index in [2.05, 4.69) is 118 Å². The fourth-order valence-corrected chi connectivity index (χ4v) is 7.14. The Morgan fingerprint density at radius 2 is 2.04 bits per heavy atom. The summed E-state index contributed by atoms with van der Waals surface area (Å²) in [6, 6.07) is 11.3. The van der Waals surface area contributed by atoms with Crippen LogP contribution in [0.1, 0.15) is 83.5 Å². The van der Waals surface area contributed by atoms with Gasteiger partial charge in [-0.25, -0.2) is 15.4 Å². The predicted molar refractivity (Wildman–Crippen MR) is 192 cm³/mol. The Balaban J connectivity index is 1.74. The molecule has 0 spiro atoms. The molecule has 0 amide bonds. The molecule has 2 aromatic heterocycles. The summed E-state index contributed by atoms with van der Waals surface area (Å²) in [5.41, 5.74) is 11.9. The van der Waals surface area contributed by atoms with Gasteiger partial charge in [0.15, 0.2) is 0 Å². The van der Waals surface area contributed by atoms with Crippen LogP contribution in [0.4, 0.5) is 0 Å². The van der Waals surface area contributed by atoms with E-state index in [1.807, 2.05) is 6.20 Å². The van der Waals surface area contributed by atoms with Crippen molar-refractivity contribution in [3.8, 4) is 11.3 Å². The molecule has 0 saturated carbocycles. The molecule has 4 heterocycles. The molecule has 5 rings (SSSR count). The van der Waals surface area contributed by atoms with Crippen molar-refractivity contribution in [1.82, 2.24) is 25.1 Å². The van der Waals surface area contributed by atoms with Crippen LogP contribution in [0.5, 0.6) is 0 Å². The highest BCUT2D eigenvalue weighted by Gasteiger charge is 2.31. The van der Waals surface area contributed by atoms with E-state index in [0.29, 0.717) is 19.1 Å². The van der Waals surface area contributed by atoms with Gasteiger partial charge in [0.05, 0.1) is 41.3 Å². The zero-order valence-corrected chi connectivity index (χ0v) is 29.4. The molecular formula is C37H52N6OS. The number of pyridine rings is 1. The van der Waals surface area contributed by atoms with Crippen LogP contribution in [-0.2, 0) is 17.7 Å². The number of aliphatic imine (C=N–C) groups is 1. The number of aryl methyl sites for hydroxylation is 1. The van der Waals surface area contributed by atoms with Crippen LogP contribution in [-0.4, -0.2) is 63.8 Å². The zero-order chi connectivity index (χ0) is 32.3. The summed E-state index contributed by atoms with van der Waals surface area (Å²) >= 11 is 1.71. The molecule has 1 N–H and O–H groups in total. The smallest absolute Gasteiger partial charge is 0.107 e. The van der Waals surface area contributed by atoms with Crippen LogP contribution >= 0.6 is 11.8 Å². The quantitative estimate of drug-likeness (QED) is 0.314. The number of benzene rings is 1. The number of allylic oxidation sites excluding steroid dienone is 1. The summed E-state index contributed by atoms with van der Waals surface area (Å²) in [5.74, 6) is 1.17. The lowest BCUT2D eigenvalue weighted by molar-refractivity contribution is -0.0727. The molecule has 242 valence electrons. The standard InChI is InChI=1S/C37H52N6OS/c1-10-25(4)35-28(15-13-19-38-35)36-30-22-37(6,7)24-44-26(5)32-16-14-20-43(40-32)41(8)23-34(45-9)39-31(11-2)27-17-18-33(29(30)21-27)42(36)12-3/h11,13,15,17-19,21,25,32,40H,5,10,12,14,16,20,22-24H2,1-4,6-9H3/b31-11-,39-34?/t25?,32-/m0/s1. The Hall–Kier alpha value is -2.91. The van der Waals surface area contributed by atoms with Crippen molar-refractivity contribution in [2.75, 3.05) is 33.0 Å². The molecule has 1 saturated heterocycles. The second-order valence-corrected chi connectivity index (χ2v) is 14.2. The molecule has 8 heteroatoms. The lowest BCUT2D eigenvalue weighted by atomic mass is 9.83. The van der Waals surface area contributed by atoms with E-state index in [-0.39, 0.29) is 11.5 Å². The third-order valence-corrected chi connectivity index (χ3v) is 10.0. The first kappa shape index (κ1) is 33.5. The number of thioether (sulfide) groups is 1. The van der Waals surface area contributed by atoms with Crippen LogP contribution in [0.25, 0.3) is 27.9 Å². The van der Waals surface area contributed by atoms with Gasteiger partial charge in [0.1, 0.15) is 5.76 Å². The highest BCUT2D eigenvalue weighted by molar-refractivity contribution is 8.13. The number of ether oxygens (including phenoxy) is 1. The maximum absolute atomic E-state index is 6.53. The molecule has 0 radical (unpaired) electrons. The lowest BCUT2D eigenvalue weighted by Crippen LogP contribution is -2.57. The number of aromatic nitrogens is 2. The molecule has 3 atom stereocenters. The summed E-state index contributed by atoms with van der Waals surface area (Å²) in [6.45, 7) is 21.0. The van der Waals surface area contributed by atoms with Crippen molar-refractivity contribution in [3.63, 3.8) is 0 Å².